The second-order valence-electron chi connectivity index (χ2n) is 5.57. The van der Waals surface area contributed by atoms with Gasteiger partial charge in [0, 0.05) is 0 Å². The van der Waals surface area contributed by atoms with E-state index in [1.165, 1.54) is 27.8 Å². The summed E-state index contributed by atoms with van der Waals surface area (Å²) in [6.45, 7) is 15.9. The van der Waals surface area contributed by atoms with Crippen LogP contribution in [0.3, 0.4) is 0 Å². The Morgan fingerprint density at radius 1 is 1.00 bits per heavy atom. The Morgan fingerprint density at radius 3 is 1.93 bits per heavy atom. The highest BCUT2D eigenvalue weighted by molar-refractivity contribution is 5.46. The molecular weight excluding hydrogens is 180 g/mol. The van der Waals surface area contributed by atoms with Crippen LogP contribution in [0.4, 0.5) is 0 Å². The second-order valence-corrected chi connectivity index (χ2v) is 5.57. The monoisotopic (exact) mass is 204 g/mol. The van der Waals surface area contributed by atoms with Gasteiger partial charge in [0.05, 0.1) is 0 Å². The lowest BCUT2D eigenvalue weighted by Gasteiger charge is -2.25. The molecule has 0 unspecified atom stereocenters. The molecule has 1 aromatic carbocycles. The number of aryl methyl sites for hydroxylation is 1. The van der Waals surface area contributed by atoms with Gasteiger partial charge in [0.15, 0.2) is 0 Å². The smallest absolute Gasteiger partial charge is 0.0129 e. The van der Waals surface area contributed by atoms with E-state index in [0.717, 1.165) is 6.42 Å². The summed E-state index contributed by atoms with van der Waals surface area (Å²) in [5.41, 5.74) is 7.69. The number of benzene rings is 1. The van der Waals surface area contributed by atoms with E-state index in [4.69, 9.17) is 0 Å². The fourth-order valence-electron chi connectivity index (χ4n) is 2.46. The van der Waals surface area contributed by atoms with Gasteiger partial charge in [-0.05, 0) is 60.4 Å². The first-order valence-electron chi connectivity index (χ1n) is 5.89. The molecule has 0 aliphatic heterocycles. The lowest BCUT2D eigenvalue weighted by Crippen LogP contribution is -2.15. The predicted octanol–water partition coefficient (Wildman–Crippen LogP) is 4.47. The van der Waals surface area contributed by atoms with Gasteiger partial charge in [-0.3, -0.25) is 0 Å². The Hall–Kier alpha value is -0.780. The molecular formula is C15H24. The van der Waals surface area contributed by atoms with E-state index >= 15 is 0 Å². The summed E-state index contributed by atoms with van der Waals surface area (Å²) in [5, 5.41) is 0. The Labute approximate surface area is 94.7 Å². The maximum Gasteiger partial charge on any atom is -0.0129 e. The fourth-order valence-corrected chi connectivity index (χ4v) is 2.46. The van der Waals surface area contributed by atoms with Crippen molar-refractivity contribution in [3.8, 4) is 0 Å². The van der Waals surface area contributed by atoms with Crippen LogP contribution in [-0.4, -0.2) is 0 Å². The van der Waals surface area contributed by atoms with Gasteiger partial charge in [0.2, 0.25) is 0 Å². The number of hydrogen-bond acceptors (Lipinski definition) is 0. The van der Waals surface area contributed by atoms with Crippen molar-refractivity contribution in [2.24, 2.45) is 0 Å². The molecule has 0 aliphatic rings. The van der Waals surface area contributed by atoms with Crippen LogP contribution in [-0.2, 0) is 11.8 Å². The topological polar surface area (TPSA) is 0 Å². The van der Waals surface area contributed by atoms with Gasteiger partial charge in [-0.25, -0.2) is 0 Å². The van der Waals surface area contributed by atoms with Gasteiger partial charge in [-0.2, -0.15) is 0 Å². The van der Waals surface area contributed by atoms with Gasteiger partial charge in [0.25, 0.3) is 0 Å². The van der Waals surface area contributed by atoms with Crippen molar-refractivity contribution >= 4 is 0 Å². The maximum absolute atomic E-state index is 2.38. The highest BCUT2D eigenvalue weighted by Gasteiger charge is 2.19. The van der Waals surface area contributed by atoms with Crippen LogP contribution in [0.15, 0.2) is 6.07 Å². The maximum atomic E-state index is 2.38. The van der Waals surface area contributed by atoms with Crippen LogP contribution in [0, 0.1) is 20.8 Å². The largest absolute Gasteiger partial charge is 0.0613 e. The van der Waals surface area contributed by atoms with Crippen LogP contribution in [0.1, 0.15) is 55.5 Å². The van der Waals surface area contributed by atoms with Crippen molar-refractivity contribution in [2.75, 3.05) is 0 Å². The lowest BCUT2D eigenvalue weighted by atomic mass is 9.80. The van der Waals surface area contributed by atoms with Crippen molar-refractivity contribution in [3.05, 3.63) is 33.9 Å². The molecule has 0 aliphatic carbocycles. The van der Waals surface area contributed by atoms with Crippen LogP contribution in [0.5, 0.6) is 0 Å². The van der Waals surface area contributed by atoms with E-state index in [-0.39, 0.29) is 5.41 Å². The summed E-state index contributed by atoms with van der Waals surface area (Å²) in [5.74, 6) is 0. The Balaban J connectivity index is 3.48. The zero-order chi connectivity index (χ0) is 11.8. The summed E-state index contributed by atoms with van der Waals surface area (Å²) in [4.78, 5) is 0. The predicted molar refractivity (Wildman–Crippen MR) is 68.7 cm³/mol. The second kappa shape index (κ2) is 4.00. The van der Waals surface area contributed by atoms with Crippen LogP contribution < -0.4 is 0 Å². The van der Waals surface area contributed by atoms with Crippen molar-refractivity contribution in [2.45, 2.75) is 60.3 Å². The molecule has 1 aromatic rings. The molecule has 0 spiro atoms. The Bertz CT molecular complexity index is 365. The summed E-state index contributed by atoms with van der Waals surface area (Å²) < 4.78 is 0. The molecule has 0 N–H and O–H groups in total. The van der Waals surface area contributed by atoms with E-state index in [2.05, 4.69) is 54.5 Å². The van der Waals surface area contributed by atoms with E-state index < -0.39 is 0 Å². The molecule has 0 radical (unpaired) electrons. The normalized spacial score (nSPS) is 11.9. The van der Waals surface area contributed by atoms with Crippen molar-refractivity contribution < 1.29 is 0 Å². The first-order valence-corrected chi connectivity index (χ1v) is 5.89. The summed E-state index contributed by atoms with van der Waals surface area (Å²) in [6.07, 6.45) is 1.14. The first-order chi connectivity index (χ1) is 6.79. The SMILES string of the molecule is CCc1c(C)cc(C(C)(C)C)c(C)c1C. The van der Waals surface area contributed by atoms with E-state index in [1.54, 1.807) is 0 Å². The zero-order valence-corrected chi connectivity index (χ0v) is 11.3. The van der Waals surface area contributed by atoms with Gasteiger partial charge in [-0.15, -0.1) is 0 Å². The van der Waals surface area contributed by atoms with Crippen LogP contribution in [0.25, 0.3) is 0 Å². The molecule has 0 fully saturated rings. The highest BCUT2D eigenvalue weighted by Crippen LogP contribution is 2.31. The highest BCUT2D eigenvalue weighted by atomic mass is 14.2. The number of rotatable bonds is 1. The quantitative estimate of drug-likeness (QED) is 0.633. The molecule has 15 heavy (non-hydrogen) atoms. The Morgan fingerprint density at radius 2 is 1.53 bits per heavy atom. The van der Waals surface area contributed by atoms with Crippen LogP contribution in [0.2, 0.25) is 0 Å². The third kappa shape index (κ3) is 2.25. The van der Waals surface area contributed by atoms with Crippen molar-refractivity contribution in [3.63, 3.8) is 0 Å². The van der Waals surface area contributed by atoms with E-state index in [1.807, 2.05) is 0 Å². The molecule has 0 saturated carbocycles. The molecule has 84 valence electrons. The average molecular weight is 204 g/mol. The molecule has 0 saturated heterocycles. The zero-order valence-electron chi connectivity index (χ0n) is 11.3. The third-order valence-corrected chi connectivity index (χ3v) is 3.42. The molecule has 0 heterocycles. The molecule has 0 atom stereocenters. The molecule has 0 nitrogen and oxygen atoms in total. The lowest BCUT2D eigenvalue weighted by molar-refractivity contribution is 0.584. The van der Waals surface area contributed by atoms with Crippen molar-refractivity contribution in [1.82, 2.24) is 0 Å². The first kappa shape index (κ1) is 12.3. The van der Waals surface area contributed by atoms with Crippen LogP contribution >= 0.6 is 0 Å². The van der Waals surface area contributed by atoms with Gasteiger partial charge >= 0.3 is 0 Å². The molecule has 0 aromatic heterocycles. The number of hydrogen-bond donors (Lipinski definition) is 0. The molecule has 0 bridgehead atoms. The standard InChI is InChI=1S/C15H24/c1-8-13-10(2)9-14(15(5,6)7)12(4)11(13)3/h9H,8H2,1-7H3. The summed E-state index contributed by atoms with van der Waals surface area (Å²) >= 11 is 0. The average Bonchev–Trinajstić information content (AvgIpc) is 2.10. The van der Waals surface area contributed by atoms with E-state index in [9.17, 15) is 0 Å². The minimum Gasteiger partial charge on any atom is -0.0613 e. The van der Waals surface area contributed by atoms with Gasteiger partial charge in [-0.1, -0.05) is 33.8 Å². The van der Waals surface area contributed by atoms with E-state index in [0.29, 0.717) is 0 Å². The molecule has 0 amide bonds. The summed E-state index contributed by atoms with van der Waals surface area (Å²) in [6, 6.07) is 2.38. The van der Waals surface area contributed by atoms with Gasteiger partial charge in [0.1, 0.15) is 0 Å². The van der Waals surface area contributed by atoms with Crippen molar-refractivity contribution in [1.29, 1.82) is 0 Å². The summed E-state index contributed by atoms with van der Waals surface area (Å²) in [7, 11) is 0. The fraction of sp³-hybridized carbons (Fsp3) is 0.600. The third-order valence-electron chi connectivity index (χ3n) is 3.42. The van der Waals surface area contributed by atoms with Gasteiger partial charge < -0.3 is 0 Å². The minimum absolute atomic E-state index is 0.256. The minimum atomic E-state index is 0.256. The molecule has 1 rings (SSSR count). The Kier molecular flexibility index (Phi) is 3.28. The molecule has 0 heteroatoms.